The van der Waals surface area contributed by atoms with Gasteiger partial charge in [-0.1, -0.05) is 4.98 Å². The first-order chi connectivity index (χ1) is 38.1. The molecule has 0 bridgehead atoms. The molecule has 9 rings (SSSR count). The van der Waals surface area contributed by atoms with E-state index in [0.29, 0.717) is 0 Å². The molecule has 1 amide bonds. The van der Waals surface area contributed by atoms with E-state index in [1.807, 2.05) is 0 Å². The molecule has 3 aliphatic rings. The molecule has 15 N–H and O–H groups in total. The number of imidazole rings is 3. The van der Waals surface area contributed by atoms with Gasteiger partial charge in [0.05, 0.1) is 45.6 Å². The lowest BCUT2D eigenvalue weighted by atomic mass is 9.93. The zero-order valence-electron chi connectivity index (χ0n) is 42.0. The zero-order valence-corrected chi connectivity index (χ0v) is 45.6. The van der Waals surface area contributed by atoms with Crippen LogP contribution in [-0.2, 0) is 75.8 Å². The lowest BCUT2D eigenvalue weighted by Gasteiger charge is -2.31. The van der Waals surface area contributed by atoms with Crippen LogP contribution in [0.4, 0.5) is 17.7 Å². The van der Waals surface area contributed by atoms with E-state index in [2.05, 4.69) is 53.8 Å². The predicted octanol–water partition coefficient (Wildman–Crippen LogP) is -4.17. The minimum absolute atomic E-state index is 0.00681. The number of hydrogen-bond donors (Lipinski definition) is 12. The second-order valence-corrected chi connectivity index (χ2v) is 24.2. The molecule has 9 heterocycles. The van der Waals surface area contributed by atoms with Crippen LogP contribution in [0.5, 0.6) is 0 Å². The van der Waals surface area contributed by atoms with Gasteiger partial charge in [0.25, 0.3) is 24.9 Å². The van der Waals surface area contributed by atoms with Gasteiger partial charge in [0.1, 0.15) is 54.6 Å². The van der Waals surface area contributed by atoms with Crippen molar-refractivity contribution in [1.82, 2.24) is 58.9 Å². The second-order valence-electron chi connectivity index (χ2n) is 18.2. The molecule has 444 valence electrons. The van der Waals surface area contributed by atoms with Crippen molar-refractivity contribution in [3.8, 4) is 0 Å². The Balaban J connectivity index is 0.873. The number of aryl methyl sites for hydroxylation is 1. The third-order valence-corrected chi connectivity index (χ3v) is 18.0. The molecule has 3 saturated heterocycles. The molecule has 0 saturated carbocycles. The smallest absolute Gasteiger partial charge is 0.490 e. The van der Waals surface area contributed by atoms with Crippen LogP contribution < -0.4 is 43.1 Å². The van der Waals surface area contributed by atoms with E-state index in [-0.39, 0.29) is 76.5 Å². The highest BCUT2D eigenvalue weighted by Gasteiger charge is 2.53. The maximum absolute atomic E-state index is 13.6. The maximum atomic E-state index is 13.6. The van der Waals surface area contributed by atoms with Gasteiger partial charge >= 0.3 is 29.1 Å². The number of nitrogens with two attached hydrogens (primary N) is 3. The first-order valence-corrected chi connectivity index (χ1v) is 29.5. The molecule has 0 radical (unpaired) electrons. The number of phosphoric ester groups is 3. The SMILES string of the molecule is CO[C@@H]1[C@H](OP(=O)([O-])OC[C@H]2O[C@@H](n3cnc4c(=O)[nH]c(N)nc43)[C@H](O)[C@@H]2O)[C@@H](COP(=O)(O)OP(=O)(O)OP(=O)(O)OC[C@H]2O[C@@H]([n+]3cn(C)c4c(=O)[nH]c(N)nc43)[C@H](O)[C@@H]2CCCNC(C)=O)O[C@H]1n1cnc2c(N)ncnc21. The van der Waals surface area contributed by atoms with Gasteiger partial charge in [-0.05, 0) is 12.8 Å². The first kappa shape index (κ1) is 60.0. The summed E-state index contributed by atoms with van der Waals surface area (Å²) in [4.78, 5) is 111. The number of hydrogen-bond acceptors (Lipinski definition) is 30. The van der Waals surface area contributed by atoms with Crippen molar-refractivity contribution in [2.75, 3.05) is 50.7 Å². The maximum Gasteiger partial charge on any atom is 0.490 e. The molecule has 44 heteroatoms. The Labute approximate surface area is 451 Å². The lowest BCUT2D eigenvalue weighted by molar-refractivity contribution is -0.745. The highest BCUT2D eigenvalue weighted by Crippen LogP contribution is 2.68. The number of carbonyl (C=O) groups is 1. The van der Waals surface area contributed by atoms with Crippen molar-refractivity contribution in [3.63, 3.8) is 0 Å². The Morgan fingerprint density at radius 1 is 0.778 bits per heavy atom. The van der Waals surface area contributed by atoms with E-state index >= 15 is 0 Å². The Hall–Kier alpha value is -5.64. The summed E-state index contributed by atoms with van der Waals surface area (Å²) >= 11 is 0. The summed E-state index contributed by atoms with van der Waals surface area (Å²) in [6, 6.07) is 0. The van der Waals surface area contributed by atoms with Crippen LogP contribution in [0.3, 0.4) is 0 Å². The molecule has 0 aromatic carbocycles. The van der Waals surface area contributed by atoms with E-state index < -0.39 is 136 Å². The third-order valence-electron chi connectivity index (χ3n) is 12.8. The van der Waals surface area contributed by atoms with Gasteiger partial charge in [-0.2, -0.15) is 13.6 Å². The number of methoxy groups -OCH3 is 1. The minimum atomic E-state index is -6.22. The predicted molar refractivity (Wildman–Crippen MR) is 262 cm³/mol. The molecule has 16 atom stereocenters. The summed E-state index contributed by atoms with van der Waals surface area (Å²) in [5.74, 6) is -2.03. The fourth-order valence-corrected chi connectivity index (χ4v) is 13.8. The van der Waals surface area contributed by atoms with E-state index in [1.165, 1.54) is 34.0 Å². The minimum Gasteiger partial charge on any atom is -0.756 e. The monoisotopic (exact) mass is 1230 g/mol. The summed E-state index contributed by atoms with van der Waals surface area (Å²) in [5, 5.41) is 35.9. The van der Waals surface area contributed by atoms with Gasteiger partial charge in [0.15, 0.2) is 41.4 Å². The fraction of sp³-hybridized carbons (Fsp3) is 0.568. The number of aliphatic hydroxyl groups excluding tert-OH is 3. The molecule has 0 aliphatic carbocycles. The van der Waals surface area contributed by atoms with Crippen molar-refractivity contribution in [2.45, 2.75) is 87.3 Å². The highest BCUT2D eigenvalue weighted by atomic mass is 31.3. The molecule has 3 aliphatic heterocycles. The number of H-pyrrole nitrogens is 2. The van der Waals surface area contributed by atoms with Crippen molar-refractivity contribution in [1.29, 1.82) is 0 Å². The number of aromatic nitrogens is 12. The molecule has 81 heavy (non-hydrogen) atoms. The van der Waals surface area contributed by atoms with E-state index in [9.17, 15) is 67.5 Å². The van der Waals surface area contributed by atoms with Gasteiger partial charge in [0, 0.05) is 26.5 Å². The Morgan fingerprint density at radius 3 is 2.07 bits per heavy atom. The Morgan fingerprint density at radius 2 is 1.40 bits per heavy atom. The summed E-state index contributed by atoms with van der Waals surface area (Å²) in [5.41, 5.74) is 15.6. The number of nitrogens with one attached hydrogen (secondary N) is 3. The molecule has 6 aromatic heterocycles. The summed E-state index contributed by atoms with van der Waals surface area (Å²) < 4.78 is 111. The van der Waals surface area contributed by atoms with Crippen LogP contribution in [0.25, 0.3) is 33.5 Å². The first-order valence-electron chi connectivity index (χ1n) is 23.6. The fourth-order valence-electron chi connectivity index (χ4n) is 9.33. The van der Waals surface area contributed by atoms with E-state index in [4.69, 9.17) is 54.2 Å². The summed E-state index contributed by atoms with van der Waals surface area (Å²) in [7, 11) is -21.2. The standard InChI is InChI=1S/C37H52N16O24P4/c1-14(54)41-6-4-5-15-16(72-33(22(15)55)53-13-50(2)21-30(53)47-37(40)49-32(21)59)7-70-79(62,63)76-81(66,67)77-80(64,65)71-9-18-25(26(68-3)35(74-18)51-11-44-19-27(38)42-10-43-28(19)51)75-78(60,61)69-8-17-23(56)24(57)34(73-17)52-12-45-20-29(52)46-36(39)48-31(20)58/h10-13,15-18,22-26,33-35,55-57H,4-9H2,1-3H3,(H12-,38,39,40,41,42,43,46,47,48,49,54,58,59,60,61,62,63,64,65,66,67)/t15-,16-,17-,18-,22-,23-,24-,25-,26-,33-,34-,35-/m1/s1. The average Bonchev–Trinajstić information content (AvgIpc) is 3.95. The number of phosphoric acid groups is 4. The summed E-state index contributed by atoms with van der Waals surface area (Å²) in [6.07, 6.45) is -13.0. The van der Waals surface area contributed by atoms with Crippen molar-refractivity contribution in [2.24, 2.45) is 13.0 Å². The highest BCUT2D eigenvalue weighted by molar-refractivity contribution is 7.66. The topological polar surface area (TPSA) is 574 Å². The van der Waals surface area contributed by atoms with Gasteiger partial charge in [-0.25, -0.2) is 38.2 Å². The number of ether oxygens (including phenoxy) is 4. The molecular weight excluding hydrogens is 1180 g/mol. The number of nitrogens with zero attached hydrogens (tertiary/aromatic N) is 10. The molecule has 40 nitrogen and oxygen atoms in total. The number of amides is 1. The number of anilines is 3. The zero-order chi connectivity index (χ0) is 58.7. The number of aliphatic hydroxyl groups is 3. The third kappa shape index (κ3) is 12.8. The number of nitrogen functional groups attached to an aromatic ring is 3. The molecular formula is C37H52N16O24P4. The molecule has 0 spiro atoms. The van der Waals surface area contributed by atoms with E-state index in [0.717, 1.165) is 30.7 Å². The number of carbonyl (C=O) groups excluding carboxylic acids is 1. The van der Waals surface area contributed by atoms with E-state index in [1.54, 1.807) is 0 Å². The molecule has 3 fully saturated rings. The van der Waals surface area contributed by atoms with Gasteiger partial charge < -0.3 is 85.4 Å². The quantitative estimate of drug-likeness (QED) is 0.0164. The van der Waals surface area contributed by atoms with Crippen LogP contribution in [0.1, 0.15) is 38.4 Å². The Kier molecular flexibility index (Phi) is 17.2. The van der Waals surface area contributed by atoms with Crippen LogP contribution in [-0.4, -0.2) is 172 Å². The van der Waals surface area contributed by atoms with Gasteiger partial charge in [-0.15, -0.1) is 0 Å². The van der Waals surface area contributed by atoms with Crippen LogP contribution in [0.15, 0.2) is 34.9 Å². The number of aromatic amines is 2. The van der Waals surface area contributed by atoms with Crippen LogP contribution in [0, 0.1) is 5.92 Å². The molecule has 6 aromatic rings. The van der Waals surface area contributed by atoms with Gasteiger partial charge in [-0.3, -0.25) is 51.7 Å². The van der Waals surface area contributed by atoms with Gasteiger partial charge in [0.2, 0.25) is 23.6 Å². The van der Waals surface area contributed by atoms with Crippen LogP contribution in [0.2, 0.25) is 0 Å². The lowest BCUT2D eigenvalue weighted by Crippen LogP contribution is -2.45. The molecule has 4 unspecified atom stereocenters. The number of fused-ring (bicyclic) bond motifs is 3. The van der Waals surface area contributed by atoms with Crippen molar-refractivity contribution in [3.05, 3.63) is 46.0 Å². The largest absolute Gasteiger partial charge is 0.756 e. The van der Waals surface area contributed by atoms with Crippen molar-refractivity contribution < 1.29 is 108 Å². The number of rotatable bonds is 23. The summed E-state index contributed by atoms with van der Waals surface area (Å²) in [6.45, 7) is -1.91. The Bertz CT molecular complexity index is 3660. The van der Waals surface area contributed by atoms with Crippen LogP contribution >= 0.6 is 31.3 Å². The normalized spacial score (nSPS) is 29.0. The second kappa shape index (κ2) is 23.2. The average molecular weight is 1230 g/mol. The van der Waals surface area contributed by atoms with Crippen molar-refractivity contribution >= 4 is 88.4 Å².